The van der Waals surface area contributed by atoms with E-state index in [9.17, 15) is 0 Å². The van der Waals surface area contributed by atoms with Crippen LogP contribution in [0.2, 0.25) is 5.02 Å². The molecular weight excluding hydrogens is 318 g/mol. The number of rotatable bonds is 3. The van der Waals surface area contributed by atoms with E-state index in [0.29, 0.717) is 0 Å². The Balaban J connectivity index is 2.46. The van der Waals surface area contributed by atoms with Crippen LogP contribution >= 0.6 is 38.9 Å². The fraction of sp³-hybridized carbons (Fsp3) is 0.231. The van der Waals surface area contributed by atoms with Crippen molar-refractivity contribution in [3.8, 4) is 0 Å². The summed E-state index contributed by atoms with van der Waals surface area (Å²) >= 11 is 11.6. The van der Waals surface area contributed by atoms with E-state index in [-0.39, 0.29) is 6.04 Å². The van der Waals surface area contributed by atoms with Crippen LogP contribution in [0.15, 0.2) is 33.4 Å². The maximum atomic E-state index is 6.32. The van der Waals surface area contributed by atoms with Gasteiger partial charge in [0.05, 0.1) is 6.04 Å². The third-order valence-corrected chi connectivity index (χ3v) is 4.79. The highest BCUT2D eigenvalue weighted by atomic mass is 79.9. The van der Waals surface area contributed by atoms with Gasteiger partial charge >= 0.3 is 0 Å². The second kappa shape index (κ2) is 5.53. The van der Waals surface area contributed by atoms with Gasteiger partial charge in [0.25, 0.3) is 0 Å². The predicted molar refractivity (Wildman–Crippen MR) is 79.1 cm³/mol. The molecule has 17 heavy (non-hydrogen) atoms. The molecule has 0 amide bonds. The number of halogens is 2. The lowest BCUT2D eigenvalue weighted by molar-refractivity contribution is 0.691. The molecule has 1 unspecified atom stereocenters. The van der Waals surface area contributed by atoms with Gasteiger partial charge in [-0.15, -0.1) is 0 Å². The largest absolute Gasteiger partial charge is 0.309 e. The molecule has 0 aliphatic heterocycles. The molecule has 2 aromatic rings. The van der Waals surface area contributed by atoms with Gasteiger partial charge in [0.1, 0.15) is 0 Å². The molecule has 4 heteroatoms. The van der Waals surface area contributed by atoms with Gasteiger partial charge in [0.15, 0.2) is 0 Å². The highest BCUT2D eigenvalue weighted by Gasteiger charge is 2.18. The third-order valence-electron chi connectivity index (χ3n) is 2.71. The van der Waals surface area contributed by atoms with Crippen LogP contribution in [0.3, 0.4) is 0 Å². The average Bonchev–Trinajstić information content (AvgIpc) is 2.69. The predicted octanol–water partition coefficient (Wildman–Crippen LogP) is 4.78. The van der Waals surface area contributed by atoms with Gasteiger partial charge in [-0.05, 0) is 58.0 Å². The molecule has 0 aliphatic rings. The quantitative estimate of drug-likeness (QED) is 0.854. The zero-order valence-corrected chi connectivity index (χ0v) is 12.8. The zero-order chi connectivity index (χ0) is 12.4. The van der Waals surface area contributed by atoms with Gasteiger partial charge in [0, 0.05) is 14.9 Å². The van der Waals surface area contributed by atoms with Crippen molar-refractivity contribution >= 4 is 38.9 Å². The summed E-state index contributed by atoms with van der Waals surface area (Å²) in [6.45, 7) is 2.05. The lowest BCUT2D eigenvalue weighted by Crippen LogP contribution is -2.17. The number of hydrogen-bond acceptors (Lipinski definition) is 2. The molecule has 0 fully saturated rings. The second-order valence-corrected chi connectivity index (χ2v) is 5.93. The molecule has 1 heterocycles. The number of aryl methyl sites for hydroxylation is 1. The first-order chi connectivity index (χ1) is 8.13. The third kappa shape index (κ3) is 2.74. The van der Waals surface area contributed by atoms with E-state index in [1.54, 1.807) is 11.3 Å². The first-order valence-electron chi connectivity index (χ1n) is 5.28. The fourth-order valence-electron chi connectivity index (χ4n) is 1.84. The minimum absolute atomic E-state index is 0.128. The van der Waals surface area contributed by atoms with E-state index in [4.69, 9.17) is 11.6 Å². The van der Waals surface area contributed by atoms with Crippen LogP contribution < -0.4 is 5.32 Å². The van der Waals surface area contributed by atoms with Crippen molar-refractivity contribution in [2.45, 2.75) is 13.0 Å². The molecule has 0 saturated carbocycles. The Morgan fingerprint density at radius 1 is 1.29 bits per heavy atom. The van der Waals surface area contributed by atoms with E-state index in [1.807, 2.05) is 20.0 Å². The Bertz CT molecular complexity index is 524. The number of benzene rings is 1. The van der Waals surface area contributed by atoms with Crippen LogP contribution in [-0.2, 0) is 0 Å². The van der Waals surface area contributed by atoms with E-state index in [1.165, 1.54) is 11.1 Å². The van der Waals surface area contributed by atoms with Gasteiger partial charge in [-0.1, -0.05) is 23.7 Å². The number of nitrogens with one attached hydrogen (secondary N) is 1. The second-order valence-electron chi connectivity index (χ2n) is 3.92. The Kier molecular flexibility index (Phi) is 4.26. The lowest BCUT2D eigenvalue weighted by atomic mass is 10.0. The van der Waals surface area contributed by atoms with Crippen LogP contribution in [0.4, 0.5) is 0 Å². The molecule has 2 rings (SSSR count). The van der Waals surface area contributed by atoms with E-state index < -0.39 is 0 Å². The molecule has 1 aromatic carbocycles. The van der Waals surface area contributed by atoms with E-state index in [2.05, 4.69) is 44.1 Å². The highest BCUT2D eigenvalue weighted by Crippen LogP contribution is 2.34. The Morgan fingerprint density at radius 3 is 2.59 bits per heavy atom. The molecule has 1 N–H and O–H groups in total. The van der Waals surface area contributed by atoms with Gasteiger partial charge in [-0.2, -0.15) is 11.3 Å². The summed E-state index contributed by atoms with van der Waals surface area (Å²) in [6.07, 6.45) is 0. The summed E-state index contributed by atoms with van der Waals surface area (Å²) in [4.78, 5) is 0. The van der Waals surface area contributed by atoms with Gasteiger partial charge in [-0.25, -0.2) is 0 Å². The SMILES string of the molecule is CNC(c1ccc(C)cc1Cl)c1cscc1Br. The molecule has 0 spiro atoms. The average molecular weight is 331 g/mol. The van der Waals surface area contributed by atoms with E-state index >= 15 is 0 Å². The molecule has 1 aromatic heterocycles. The monoisotopic (exact) mass is 329 g/mol. The lowest BCUT2D eigenvalue weighted by Gasteiger charge is -2.18. The van der Waals surface area contributed by atoms with Crippen molar-refractivity contribution in [2.75, 3.05) is 7.05 Å². The van der Waals surface area contributed by atoms with Crippen molar-refractivity contribution in [3.05, 3.63) is 55.1 Å². The maximum Gasteiger partial charge on any atom is 0.0608 e. The number of hydrogen-bond donors (Lipinski definition) is 1. The van der Waals surface area contributed by atoms with E-state index in [0.717, 1.165) is 15.1 Å². The van der Waals surface area contributed by atoms with Crippen molar-refractivity contribution in [1.29, 1.82) is 0 Å². The Labute approximate surface area is 119 Å². The summed E-state index contributed by atoms with van der Waals surface area (Å²) in [5.41, 5.74) is 3.51. The van der Waals surface area contributed by atoms with Crippen LogP contribution in [0.1, 0.15) is 22.7 Å². The summed E-state index contributed by atoms with van der Waals surface area (Å²) in [7, 11) is 1.95. The van der Waals surface area contributed by atoms with Crippen molar-refractivity contribution in [2.24, 2.45) is 0 Å². The first-order valence-corrected chi connectivity index (χ1v) is 7.39. The van der Waals surface area contributed by atoms with Crippen molar-refractivity contribution in [3.63, 3.8) is 0 Å². The molecular formula is C13H13BrClNS. The Hall–Kier alpha value is -0.350. The van der Waals surface area contributed by atoms with Crippen LogP contribution in [0.25, 0.3) is 0 Å². The molecule has 0 aliphatic carbocycles. The molecule has 1 nitrogen and oxygen atoms in total. The van der Waals surface area contributed by atoms with Crippen LogP contribution in [0, 0.1) is 6.92 Å². The van der Waals surface area contributed by atoms with Crippen molar-refractivity contribution in [1.82, 2.24) is 5.32 Å². The molecule has 0 saturated heterocycles. The fourth-order valence-corrected chi connectivity index (χ4v) is 3.74. The van der Waals surface area contributed by atoms with Crippen LogP contribution in [-0.4, -0.2) is 7.05 Å². The molecule has 0 bridgehead atoms. The van der Waals surface area contributed by atoms with Crippen molar-refractivity contribution < 1.29 is 0 Å². The molecule has 90 valence electrons. The summed E-state index contributed by atoms with van der Waals surface area (Å²) in [5, 5.41) is 8.35. The molecule has 0 radical (unpaired) electrons. The molecule has 1 atom stereocenters. The minimum atomic E-state index is 0.128. The van der Waals surface area contributed by atoms with Gasteiger partial charge < -0.3 is 5.32 Å². The van der Waals surface area contributed by atoms with Crippen LogP contribution in [0.5, 0.6) is 0 Å². The Morgan fingerprint density at radius 2 is 2.06 bits per heavy atom. The zero-order valence-electron chi connectivity index (χ0n) is 9.63. The number of thiophene rings is 1. The van der Waals surface area contributed by atoms with Gasteiger partial charge in [0.2, 0.25) is 0 Å². The maximum absolute atomic E-state index is 6.32. The smallest absolute Gasteiger partial charge is 0.0608 e. The normalized spacial score (nSPS) is 12.7. The summed E-state index contributed by atoms with van der Waals surface area (Å²) in [6, 6.07) is 6.31. The highest BCUT2D eigenvalue weighted by molar-refractivity contribution is 9.10. The topological polar surface area (TPSA) is 12.0 Å². The summed E-state index contributed by atoms with van der Waals surface area (Å²) in [5.74, 6) is 0. The standard InChI is InChI=1S/C13H13BrClNS/c1-8-3-4-9(12(15)5-8)13(16-2)10-6-17-7-11(10)14/h3-7,13,16H,1-2H3. The summed E-state index contributed by atoms with van der Waals surface area (Å²) < 4.78 is 1.12. The first kappa shape index (κ1) is 13.1. The minimum Gasteiger partial charge on any atom is -0.309 e. The van der Waals surface area contributed by atoms with Gasteiger partial charge in [-0.3, -0.25) is 0 Å².